The number of aryl methyl sites for hydroxylation is 2. The van der Waals surface area contributed by atoms with E-state index in [1.165, 1.54) is 17.5 Å². The smallest absolute Gasteiger partial charge is 0.344 e. The third-order valence-corrected chi connectivity index (χ3v) is 3.23. The number of amides is 1. The molecule has 1 aromatic carbocycles. The number of benzene rings is 1. The first-order chi connectivity index (χ1) is 10.2. The molecule has 1 amide bonds. The minimum atomic E-state index is -0.566. The number of fused-ring (bicyclic) bond motifs is 1. The maximum atomic E-state index is 11.5. The van der Waals surface area contributed by atoms with E-state index in [4.69, 9.17) is 9.47 Å². The Morgan fingerprint density at radius 3 is 2.86 bits per heavy atom. The fraction of sp³-hybridized carbons (Fsp3) is 0.375. The third-order valence-electron chi connectivity index (χ3n) is 3.23. The predicted octanol–water partition coefficient (Wildman–Crippen LogP) is 1.40. The standard InChI is InChI=1S/C16H19NO4/c1-2-8-17-15(18)10-21-16(19)11-20-14-7-6-12-4-3-5-13(12)9-14/h2,6-7,9H,1,3-5,8,10-11H2,(H,17,18). The number of hydrogen-bond donors (Lipinski definition) is 1. The van der Waals surface area contributed by atoms with Gasteiger partial charge in [0, 0.05) is 6.54 Å². The summed E-state index contributed by atoms with van der Waals surface area (Å²) in [7, 11) is 0. The highest BCUT2D eigenvalue weighted by Gasteiger charge is 2.12. The zero-order valence-electron chi connectivity index (χ0n) is 11.9. The van der Waals surface area contributed by atoms with E-state index in [0.29, 0.717) is 12.3 Å². The lowest BCUT2D eigenvalue weighted by atomic mass is 10.1. The fourth-order valence-corrected chi connectivity index (χ4v) is 2.20. The second-order valence-corrected chi connectivity index (χ2v) is 4.83. The Kier molecular flexibility index (Phi) is 5.37. The number of carbonyl (C=O) groups is 2. The van der Waals surface area contributed by atoms with Gasteiger partial charge in [0.2, 0.25) is 0 Å². The van der Waals surface area contributed by atoms with Crippen molar-refractivity contribution in [1.29, 1.82) is 0 Å². The van der Waals surface area contributed by atoms with Gasteiger partial charge in [0.05, 0.1) is 0 Å². The summed E-state index contributed by atoms with van der Waals surface area (Å²) in [6, 6.07) is 5.85. The molecule has 0 aliphatic heterocycles. The number of carbonyl (C=O) groups excluding carboxylic acids is 2. The molecule has 1 N–H and O–H groups in total. The van der Waals surface area contributed by atoms with E-state index in [0.717, 1.165) is 12.8 Å². The fourth-order valence-electron chi connectivity index (χ4n) is 2.20. The highest BCUT2D eigenvalue weighted by molar-refractivity contribution is 5.80. The summed E-state index contributed by atoms with van der Waals surface area (Å²) in [4.78, 5) is 22.7. The second-order valence-electron chi connectivity index (χ2n) is 4.83. The van der Waals surface area contributed by atoms with Crippen LogP contribution in [0.25, 0.3) is 0 Å². The van der Waals surface area contributed by atoms with Gasteiger partial charge in [-0.2, -0.15) is 0 Å². The molecule has 0 heterocycles. The molecule has 0 radical (unpaired) electrons. The molecule has 0 saturated carbocycles. The second kappa shape index (κ2) is 7.47. The Labute approximate surface area is 123 Å². The van der Waals surface area contributed by atoms with Crippen LogP contribution in [0.1, 0.15) is 17.5 Å². The molecule has 1 aliphatic rings. The summed E-state index contributed by atoms with van der Waals surface area (Å²) in [6.45, 7) is 3.32. The lowest BCUT2D eigenvalue weighted by molar-refractivity contribution is -0.150. The Morgan fingerprint density at radius 2 is 2.05 bits per heavy atom. The zero-order valence-corrected chi connectivity index (χ0v) is 11.9. The van der Waals surface area contributed by atoms with Gasteiger partial charge in [-0.3, -0.25) is 4.79 Å². The van der Waals surface area contributed by atoms with Crippen LogP contribution >= 0.6 is 0 Å². The van der Waals surface area contributed by atoms with Crippen LogP contribution in [0.4, 0.5) is 0 Å². The molecule has 0 fully saturated rings. The highest BCUT2D eigenvalue weighted by atomic mass is 16.6. The van der Waals surface area contributed by atoms with Gasteiger partial charge in [0.25, 0.3) is 5.91 Å². The number of ether oxygens (including phenoxy) is 2. The lowest BCUT2D eigenvalue weighted by Crippen LogP contribution is -2.29. The molecule has 0 saturated heterocycles. The summed E-state index contributed by atoms with van der Waals surface area (Å²) in [5.74, 6) is -0.270. The number of nitrogens with one attached hydrogen (secondary N) is 1. The molecule has 5 heteroatoms. The van der Waals surface area contributed by atoms with E-state index in [1.807, 2.05) is 18.2 Å². The molecule has 1 aromatic rings. The summed E-state index contributed by atoms with van der Waals surface area (Å²) >= 11 is 0. The van der Waals surface area contributed by atoms with Gasteiger partial charge in [-0.25, -0.2) is 4.79 Å². The van der Waals surface area contributed by atoms with Crippen LogP contribution in [0, 0.1) is 0 Å². The van der Waals surface area contributed by atoms with Crippen molar-refractivity contribution in [3.8, 4) is 5.75 Å². The molecule has 0 spiro atoms. The van der Waals surface area contributed by atoms with Crippen molar-refractivity contribution in [3.05, 3.63) is 42.0 Å². The number of hydrogen-bond acceptors (Lipinski definition) is 4. The van der Waals surface area contributed by atoms with Gasteiger partial charge in [0.1, 0.15) is 5.75 Å². The zero-order chi connectivity index (χ0) is 15.1. The summed E-state index contributed by atoms with van der Waals surface area (Å²) in [5.41, 5.74) is 2.63. The molecule has 0 bridgehead atoms. The molecule has 21 heavy (non-hydrogen) atoms. The van der Waals surface area contributed by atoms with Crippen molar-refractivity contribution in [3.63, 3.8) is 0 Å². The molecule has 1 aliphatic carbocycles. The van der Waals surface area contributed by atoms with Crippen LogP contribution in [0.2, 0.25) is 0 Å². The van der Waals surface area contributed by atoms with Crippen LogP contribution in [0.3, 0.4) is 0 Å². The predicted molar refractivity (Wildman–Crippen MR) is 78.1 cm³/mol. The average Bonchev–Trinajstić information content (AvgIpc) is 2.96. The van der Waals surface area contributed by atoms with Crippen LogP contribution in [-0.4, -0.2) is 31.6 Å². The van der Waals surface area contributed by atoms with Crippen molar-refractivity contribution in [2.75, 3.05) is 19.8 Å². The Bertz CT molecular complexity index is 539. The summed E-state index contributed by atoms with van der Waals surface area (Å²) < 4.78 is 10.2. The van der Waals surface area contributed by atoms with Gasteiger partial charge >= 0.3 is 5.97 Å². The molecular formula is C16H19NO4. The average molecular weight is 289 g/mol. The third kappa shape index (κ3) is 4.63. The van der Waals surface area contributed by atoms with Crippen molar-refractivity contribution in [1.82, 2.24) is 5.32 Å². The first-order valence-electron chi connectivity index (χ1n) is 6.97. The number of rotatable bonds is 7. The van der Waals surface area contributed by atoms with Crippen LogP contribution in [0.15, 0.2) is 30.9 Å². The van der Waals surface area contributed by atoms with Gasteiger partial charge in [-0.1, -0.05) is 12.1 Å². The van der Waals surface area contributed by atoms with E-state index in [-0.39, 0.29) is 19.1 Å². The normalized spacial score (nSPS) is 12.4. The van der Waals surface area contributed by atoms with Crippen LogP contribution in [0.5, 0.6) is 5.75 Å². The highest BCUT2D eigenvalue weighted by Crippen LogP contribution is 2.25. The van der Waals surface area contributed by atoms with E-state index in [1.54, 1.807) is 6.08 Å². The topological polar surface area (TPSA) is 64.6 Å². The van der Waals surface area contributed by atoms with Gasteiger partial charge in [-0.05, 0) is 42.5 Å². The molecular weight excluding hydrogens is 270 g/mol. The van der Waals surface area contributed by atoms with E-state index in [9.17, 15) is 9.59 Å². The minimum absolute atomic E-state index is 0.201. The first-order valence-corrected chi connectivity index (χ1v) is 6.97. The lowest BCUT2D eigenvalue weighted by Gasteiger charge is -2.08. The summed E-state index contributed by atoms with van der Waals surface area (Å²) in [6.07, 6.45) is 4.88. The maximum absolute atomic E-state index is 11.5. The SMILES string of the molecule is C=CCNC(=O)COC(=O)COc1ccc2c(c1)CCC2. The molecule has 0 atom stereocenters. The van der Waals surface area contributed by atoms with Crippen molar-refractivity contribution >= 4 is 11.9 Å². The van der Waals surface area contributed by atoms with Gasteiger partial charge in [-0.15, -0.1) is 6.58 Å². The molecule has 112 valence electrons. The van der Waals surface area contributed by atoms with E-state index < -0.39 is 5.97 Å². The van der Waals surface area contributed by atoms with Gasteiger partial charge < -0.3 is 14.8 Å². The Balaban J connectivity index is 1.71. The monoisotopic (exact) mass is 289 g/mol. The molecule has 0 unspecified atom stereocenters. The van der Waals surface area contributed by atoms with Crippen molar-refractivity contribution in [2.24, 2.45) is 0 Å². The van der Waals surface area contributed by atoms with Crippen molar-refractivity contribution < 1.29 is 19.1 Å². The van der Waals surface area contributed by atoms with E-state index in [2.05, 4.69) is 11.9 Å². The quantitative estimate of drug-likeness (QED) is 0.609. The summed E-state index contributed by atoms with van der Waals surface area (Å²) in [5, 5.41) is 2.51. The maximum Gasteiger partial charge on any atom is 0.344 e. The Morgan fingerprint density at radius 1 is 1.24 bits per heavy atom. The Hall–Kier alpha value is -2.30. The van der Waals surface area contributed by atoms with E-state index >= 15 is 0 Å². The van der Waals surface area contributed by atoms with Gasteiger partial charge in [0.15, 0.2) is 13.2 Å². The largest absolute Gasteiger partial charge is 0.482 e. The molecule has 0 aromatic heterocycles. The minimum Gasteiger partial charge on any atom is -0.482 e. The number of esters is 1. The van der Waals surface area contributed by atoms with Crippen LogP contribution in [-0.2, 0) is 27.2 Å². The molecule has 2 rings (SSSR count). The van der Waals surface area contributed by atoms with Crippen molar-refractivity contribution in [2.45, 2.75) is 19.3 Å². The molecule has 5 nitrogen and oxygen atoms in total. The first kappa shape index (κ1) is 15.1. The van der Waals surface area contributed by atoms with Crippen LogP contribution < -0.4 is 10.1 Å².